The second-order valence-corrected chi connectivity index (χ2v) is 5.16. The van der Waals surface area contributed by atoms with E-state index in [1.54, 1.807) is 0 Å². The maximum atomic E-state index is 5.72. The Morgan fingerprint density at radius 3 is 2.47 bits per heavy atom. The zero-order valence-corrected chi connectivity index (χ0v) is 14.9. The highest BCUT2D eigenvalue weighted by Crippen LogP contribution is 2.16. The van der Waals surface area contributed by atoms with Gasteiger partial charge in [-0.2, -0.15) is 0 Å². The number of nitrogens with one attached hydrogen (secondary N) is 1. The van der Waals surface area contributed by atoms with Crippen molar-refractivity contribution in [1.29, 1.82) is 0 Å². The van der Waals surface area contributed by atoms with Crippen LogP contribution in [0.15, 0.2) is 40.3 Å². The van der Waals surface area contributed by atoms with Crippen LogP contribution >= 0.6 is 39.9 Å². The summed E-state index contributed by atoms with van der Waals surface area (Å²) in [4.78, 5) is 4.10. The first-order valence-electron chi connectivity index (χ1n) is 5.64. The van der Waals surface area contributed by atoms with Gasteiger partial charge < -0.3 is 15.8 Å². The van der Waals surface area contributed by atoms with E-state index in [1.165, 1.54) is 0 Å². The lowest BCUT2D eigenvalue weighted by molar-refractivity contribution is 0.242. The van der Waals surface area contributed by atoms with Crippen LogP contribution in [0.5, 0.6) is 5.75 Å². The number of hydrogen-bond donors (Lipinski definition) is 2. The highest BCUT2D eigenvalue weighted by atomic mass is 127. The summed E-state index contributed by atoms with van der Waals surface area (Å²) in [6, 6.07) is 7.56. The second-order valence-electron chi connectivity index (χ2n) is 4.03. The summed E-state index contributed by atoms with van der Waals surface area (Å²) in [5, 5.41) is 2.99. The van der Waals surface area contributed by atoms with Crippen LogP contribution in [0.3, 0.4) is 0 Å². The SMILES string of the molecule is C=C(Br)CN=C(N)Nc1ccc(OC(C)C)cc1.I. The molecule has 1 aromatic rings. The molecule has 0 aromatic heterocycles. The number of nitrogens with two attached hydrogens (primary N) is 1. The molecular weight excluding hydrogens is 421 g/mol. The highest BCUT2D eigenvalue weighted by molar-refractivity contribution is 14.0. The van der Waals surface area contributed by atoms with Crippen LogP contribution in [0.2, 0.25) is 0 Å². The quantitative estimate of drug-likeness (QED) is 0.417. The van der Waals surface area contributed by atoms with Gasteiger partial charge in [0.05, 0.1) is 12.6 Å². The summed E-state index contributed by atoms with van der Waals surface area (Å²) in [7, 11) is 0. The summed E-state index contributed by atoms with van der Waals surface area (Å²) in [5.74, 6) is 1.19. The third-order valence-corrected chi connectivity index (χ3v) is 2.17. The summed E-state index contributed by atoms with van der Waals surface area (Å²) in [5.41, 5.74) is 6.59. The number of ether oxygens (including phenoxy) is 1. The van der Waals surface area contributed by atoms with Crippen molar-refractivity contribution in [2.24, 2.45) is 10.7 Å². The van der Waals surface area contributed by atoms with Crippen LogP contribution in [0, 0.1) is 0 Å². The molecule has 0 amide bonds. The molecule has 1 rings (SSSR count). The summed E-state index contributed by atoms with van der Waals surface area (Å²) >= 11 is 3.22. The Balaban J connectivity index is 0.00000324. The normalized spacial score (nSPS) is 10.8. The van der Waals surface area contributed by atoms with Crippen LogP contribution < -0.4 is 15.8 Å². The molecule has 0 radical (unpaired) electrons. The van der Waals surface area contributed by atoms with Gasteiger partial charge in [0.2, 0.25) is 0 Å². The predicted molar refractivity (Wildman–Crippen MR) is 95.8 cm³/mol. The van der Waals surface area contributed by atoms with Gasteiger partial charge >= 0.3 is 0 Å². The summed E-state index contributed by atoms with van der Waals surface area (Å²) < 4.78 is 6.33. The molecule has 0 saturated carbocycles. The molecule has 0 bridgehead atoms. The molecule has 0 spiro atoms. The number of anilines is 1. The molecule has 0 aliphatic rings. The minimum absolute atomic E-state index is 0. The molecule has 0 saturated heterocycles. The Labute approximate surface area is 139 Å². The van der Waals surface area contributed by atoms with Crippen molar-refractivity contribution < 1.29 is 4.74 Å². The smallest absolute Gasteiger partial charge is 0.193 e. The van der Waals surface area contributed by atoms with Crippen molar-refractivity contribution in [2.45, 2.75) is 20.0 Å². The Hall–Kier alpha value is -0.760. The molecule has 0 aliphatic heterocycles. The van der Waals surface area contributed by atoms with E-state index in [0.29, 0.717) is 12.5 Å². The molecule has 0 heterocycles. The fourth-order valence-corrected chi connectivity index (χ4v) is 1.37. The average molecular weight is 440 g/mol. The number of hydrogen-bond acceptors (Lipinski definition) is 2. The van der Waals surface area contributed by atoms with E-state index < -0.39 is 0 Å². The molecule has 0 fully saturated rings. The van der Waals surface area contributed by atoms with Gasteiger partial charge in [-0.05, 0) is 38.1 Å². The minimum atomic E-state index is 0. The van der Waals surface area contributed by atoms with Gasteiger partial charge in [0.1, 0.15) is 5.75 Å². The summed E-state index contributed by atoms with van der Waals surface area (Å²) in [6.45, 7) is 8.11. The van der Waals surface area contributed by atoms with E-state index >= 15 is 0 Å². The Bertz CT molecular complexity index is 432. The zero-order valence-electron chi connectivity index (χ0n) is 11.0. The number of nitrogens with zero attached hydrogens (tertiary/aromatic N) is 1. The van der Waals surface area contributed by atoms with Gasteiger partial charge in [0, 0.05) is 10.2 Å². The van der Waals surface area contributed by atoms with Gasteiger partial charge in [0.25, 0.3) is 0 Å². The first-order valence-corrected chi connectivity index (χ1v) is 6.43. The molecule has 106 valence electrons. The van der Waals surface area contributed by atoms with Crippen LogP contribution in [-0.4, -0.2) is 18.6 Å². The van der Waals surface area contributed by atoms with Crippen molar-refractivity contribution in [1.82, 2.24) is 0 Å². The van der Waals surface area contributed by atoms with Gasteiger partial charge in [-0.15, -0.1) is 24.0 Å². The van der Waals surface area contributed by atoms with Crippen molar-refractivity contribution in [3.63, 3.8) is 0 Å². The molecular formula is C13H19BrIN3O. The Morgan fingerprint density at radius 1 is 1.42 bits per heavy atom. The average Bonchev–Trinajstić information content (AvgIpc) is 2.28. The van der Waals surface area contributed by atoms with E-state index in [9.17, 15) is 0 Å². The lowest BCUT2D eigenvalue weighted by atomic mass is 10.3. The molecule has 0 unspecified atom stereocenters. The topological polar surface area (TPSA) is 59.6 Å². The molecule has 19 heavy (non-hydrogen) atoms. The zero-order chi connectivity index (χ0) is 13.5. The Kier molecular flexibility index (Phi) is 8.82. The number of halogens is 2. The third-order valence-electron chi connectivity index (χ3n) is 1.92. The van der Waals surface area contributed by atoms with Crippen molar-refractivity contribution in [3.8, 4) is 5.75 Å². The van der Waals surface area contributed by atoms with Crippen molar-refractivity contribution in [3.05, 3.63) is 35.3 Å². The van der Waals surface area contributed by atoms with E-state index in [-0.39, 0.29) is 30.1 Å². The van der Waals surface area contributed by atoms with E-state index in [4.69, 9.17) is 10.5 Å². The van der Waals surface area contributed by atoms with E-state index in [1.807, 2.05) is 38.1 Å². The van der Waals surface area contributed by atoms with Crippen LogP contribution in [0.1, 0.15) is 13.8 Å². The molecule has 4 nitrogen and oxygen atoms in total. The molecule has 3 N–H and O–H groups in total. The molecule has 0 atom stereocenters. The molecule has 1 aromatic carbocycles. The summed E-state index contributed by atoms with van der Waals surface area (Å²) in [6.07, 6.45) is 0.167. The highest BCUT2D eigenvalue weighted by Gasteiger charge is 1.99. The first-order chi connectivity index (χ1) is 8.47. The molecule has 0 aliphatic carbocycles. The lowest BCUT2D eigenvalue weighted by Crippen LogP contribution is -2.22. The van der Waals surface area contributed by atoms with E-state index in [2.05, 4.69) is 32.8 Å². The van der Waals surface area contributed by atoms with Crippen molar-refractivity contribution >= 4 is 51.6 Å². The lowest BCUT2D eigenvalue weighted by Gasteiger charge is -2.10. The number of aliphatic imine (C=N–C) groups is 1. The maximum absolute atomic E-state index is 5.72. The van der Waals surface area contributed by atoms with Gasteiger partial charge in [-0.25, -0.2) is 4.99 Å². The monoisotopic (exact) mass is 439 g/mol. The predicted octanol–water partition coefficient (Wildman–Crippen LogP) is 3.73. The first kappa shape index (κ1) is 18.2. The van der Waals surface area contributed by atoms with Crippen LogP contribution in [-0.2, 0) is 0 Å². The van der Waals surface area contributed by atoms with Gasteiger partial charge in [-0.1, -0.05) is 22.5 Å². The number of guanidine groups is 1. The fraction of sp³-hybridized carbons (Fsp3) is 0.308. The van der Waals surface area contributed by atoms with Gasteiger partial charge in [-0.3, -0.25) is 0 Å². The van der Waals surface area contributed by atoms with Crippen molar-refractivity contribution in [2.75, 3.05) is 11.9 Å². The number of rotatable bonds is 5. The maximum Gasteiger partial charge on any atom is 0.193 e. The van der Waals surface area contributed by atoms with Gasteiger partial charge in [0.15, 0.2) is 5.96 Å². The van der Waals surface area contributed by atoms with Crippen LogP contribution in [0.4, 0.5) is 5.69 Å². The standard InChI is InChI=1S/C13H18BrN3O.HI/c1-9(2)18-12-6-4-11(5-7-12)17-13(15)16-8-10(3)14;/h4-7,9H,3,8H2,1-2H3,(H3,15,16,17);1H. The molecule has 6 heteroatoms. The third kappa shape index (κ3) is 8.10. The largest absolute Gasteiger partial charge is 0.491 e. The minimum Gasteiger partial charge on any atom is -0.491 e. The van der Waals surface area contributed by atoms with Crippen LogP contribution in [0.25, 0.3) is 0 Å². The van der Waals surface area contributed by atoms with E-state index in [0.717, 1.165) is 15.9 Å². The Morgan fingerprint density at radius 2 is 2.00 bits per heavy atom. The fourth-order valence-electron chi connectivity index (χ4n) is 1.25. The number of benzene rings is 1. The second kappa shape index (κ2) is 9.19.